The van der Waals surface area contributed by atoms with Crippen molar-refractivity contribution < 1.29 is 4.52 Å². The quantitative estimate of drug-likeness (QED) is 0.917. The number of likely N-dealkylation sites (tertiary alicyclic amines) is 1. The Morgan fingerprint density at radius 1 is 1.42 bits per heavy atom. The summed E-state index contributed by atoms with van der Waals surface area (Å²) in [6, 6.07) is 7.73. The summed E-state index contributed by atoms with van der Waals surface area (Å²) in [5, 5.41) is 4.47. The van der Waals surface area contributed by atoms with Gasteiger partial charge in [-0.15, -0.1) is 0 Å². The molecule has 0 amide bonds. The van der Waals surface area contributed by atoms with Crippen LogP contribution in [0.15, 0.2) is 28.8 Å². The summed E-state index contributed by atoms with van der Waals surface area (Å²) in [6.45, 7) is 2.19. The van der Waals surface area contributed by atoms with Crippen molar-refractivity contribution >= 4 is 17.4 Å². The number of anilines is 1. The van der Waals surface area contributed by atoms with Gasteiger partial charge in [-0.1, -0.05) is 28.9 Å². The lowest BCUT2D eigenvalue weighted by molar-refractivity contribution is 0.411. The summed E-state index contributed by atoms with van der Waals surface area (Å²) in [6.07, 6.45) is 1.16. The molecule has 2 aromatic rings. The average molecular weight is 278 g/mol. The van der Waals surface area contributed by atoms with Crippen LogP contribution in [0.2, 0.25) is 5.02 Å². The molecule has 2 N–H and O–H groups in total. The van der Waals surface area contributed by atoms with Crippen molar-refractivity contribution in [2.75, 3.05) is 25.9 Å². The second-order valence-corrected chi connectivity index (χ2v) is 5.51. The van der Waals surface area contributed by atoms with Crippen molar-refractivity contribution in [3.63, 3.8) is 0 Å². The van der Waals surface area contributed by atoms with E-state index in [1.807, 2.05) is 12.1 Å². The first-order valence-electron chi connectivity index (χ1n) is 6.34. The van der Waals surface area contributed by atoms with E-state index in [-0.39, 0.29) is 0 Å². The number of hydrogen-bond donors (Lipinski definition) is 1. The molecule has 19 heavy (non-hydrogen) atoms. The molecule has 3 rings (SSSR count). The van der Waals surface area contributed by atoms with Crippen LogP contribution in [0.4, 0.5) is 5.82 Å². The molecule has 0 radical (unpaired) electrons. The third kappa shape index (κ3) is 2.46. The SMILES string of the molecule is CN1CCC(c2ccc(-c3cc(N)no3)cc2Cl)C1. The average Bonchev–Trinajstić information content (AvgIpc) is 2.98. The van der Waals surface area contributed by atoms with Crippen LogP contribution in [-0.2, 0) is 0 Å². The molecule has 1 aliphatic heterocycles. The van der Waals surface area contributed by atoms with Crippen LogP contribution < -0.4 is 5.73 Å². The summed E-state index contributed by atoms with van der Waals surface area (Å²) < 4.78 is 5.15. The third-order valence-corrected chi connectivity index (χ3v) is 3.97. The van der Waals surface area contributed by atoms with Crippen LogP contribution >= 0.6 is 11.6 Å². The normalized spacial score (nSPS) is 20.0. The highest BCUT2D eigenvalue weighted by molar-refractivity contribution is 6.31. The molecule has 0 saturated carbocycles. The molecule has 2 heterocycles. The second kappa shape index (κ2) is 4.87. The van der Waals surface area contributed by atoms with Crippen molar-refractivity contribution in [3.05, 3.63) is 34.9 Å². The number of nitrogens with two attached hydrogens (primary N) is 1. The molecule has 4 nitrogen and oxygen atoms in total. The molecule has 1 saturated heterocycles. The summed E-state index contributed by atoms with van der Waals surface area (Å²) >= 11 is 6.40. The van der Waals surface area contributed by atoms with Crippen molar-refractivity contribution in [2.45, 2.75) is 12.3 Å². The van der Waals surface area contributed by atoms with Gasteiger partial charge >= 0.3 is 0 Å². The molecule has 0 bridgehead atoms. The predicted molar refractivity (Wildman–Crippen MR) is 76.2 cm³/mol. The number of rotatable bonds is 2. The maximum atomic E-state index is 6.40. The fourth-order valence-corrected chi connectivity index (χ4v) is 2.96. The minimum atomic E-state index is 0.382. The molecular weight excluding hydrogens is 262 g/mol. The lowest BCUT2D eigenvalue weighted by Gasteiger charge is -2.13. The van der Waals surface area contributed by atoms with Crippen LogP contribution in [0.5, 0.6) is 0 Å². The summed E-state index contributed by atoms with van der Waals surface area (Å²) in [5.74, 6) is 1.55. The van der Waals surface area contributed by atoms with E-state index in [0.29, 0.717) is 17.5 Å². The molecule has 1 unspecified atom stereocenters. The fraction of sp³-hybridized carbons (Fsp3) is 0.357. The molecule has 1 aromatic heterocycles. The van der Waals surface area contributed by atoms with Crippen LogP contribution in [0.25, 0.3) is 11.3 Å². The number of nitrogen functional groups attached to an aromatic ring is 1. The van der Waals surface area contributed by atoms with Crippen LogP contribution in [0.1, 0.15) is 17.9 Å². The van der Waals surface area contributed by atoms with Gasteiger partial charge in [-0.2, -0.15) is 0 Å². The van der Waals surface area contributed by atoms with E-state index in [4.69, 9.17) is 21.9 Å². The molecule has 0 spiro atoms. The molecule has 1 fully saturated rings. The highest BCUT2D eigenvalue weighted by atomic mass is 35.5. The predicted octanol–water partition coefficient (Wildman–Crippen LogP) is 3.00. The number of benzene rings is 1. The molecule has 0 aliphatic carbocycles. The van der Waals surface area contributed by atoms with Gasteiger partial charge in [0.25, 0.3) is 0 Å². The fourth-order valence-electron chi connectivity index (χ4n) is 2.63. The number of likely N-dealkylation sites (N-methyl/N-ethyl adjacent to an activating group) is 1. The smallest absolute Gasteiger partial charge is 0.169 e. The number of aromatic nitrogens is 1. The van der Waals surface area contributed by atoms with E-state index in [2.05, 4.69) is 23.2 Å². The molecule has 1 aliphatic rings. The second-order valence-electron chi connectivity index (χ2n) is 5.10. The van der Waals surface area contributed by atoms with Crippen LogP contribution in [0, 0.1) is 0 Å². The Morgan fingerprint density at radius 3 is 2.84 bits per heavy atom. The van der Waals surface area contributed by atoms with Gasteiger partial charge in [0.2, 0.25) is 0 Å². The Balaban J connectivity index is 1.89. The maximum absolute atomic E-state index is 6.40. The molecule has 1 aromatic carbocycles. The number of halogens is 1. The first-order chi connectivity index (χ1) is 9.13. The Bertz CT molecular complexity index is 596. The Labute approximate surface area is 117 Å². The Morgan fingerprint density at radius 2 is 2.26 bits per heavy atom. The zero-order valence-electron chi connectivity index (χ0n) is 10.8. The van der Waals surface area contributed by atoms with Gasteiger partial charge in [0, 0.05) is 23.2 Å². The zero-order valence-corrected chi connectivity index (χ0v) is 11.5. The lowest BCUT2D eigenvalue weighted by Crippen LogP contribution is -2.13. The summed E-state index contributed by atoms with van der Waals surface area (Å²) in [7, 11) is 2.14. The van der Waals surface area contributed by atoms with Gasteiger partial charge in [0.05, 0.1) is 0 Å². The van der Waals surface area contributed by atoms with E-state index in [1.165, 1.54) is 5.56 Å². The maximum Gasteiger partial charge on any atom is 0.169 e. The van der Waals surface area contributed by atoms with E-state index in [1.54, 1.807) is 6.07 Å². The molecular formula is C14H16ClN3O. The van der Waals surface area contributed by atoms with Crippen LogP contribution in [-0.4, -0.2) is 30.2 Å². The Kier molecular flexibility index (Phi) is 3.21. The number of hydrogen-bond acceptors (Lipinski definition) is 4. The molecule has 1 atom stereocenters. The van der Waals surface area contributed by atoms with E-state index < -0.39 is 0 Å². The zero-order chi connectivity index (χ0) is 13.4. The number of nitrogens with zero attached hydrogens (tertiary/aromatic N) is 2. The van der Waals surface area contributed by atoms with Crippen molar-refractivity contribution in [2.24, 2.45) is 0 Å². The lowest BCUT2D eigenvalue weighted by atomic mass is 9.97. The molecule has 5 heteroatoms. The first-order valence-corrected chi connectivity index (χ1v) is 6.72. The third-order valence-electron chi connectivity index (χ3n) is 3.64. The van der Waals surface area contributed by atoms with Crippen LogP contribution in [0.3, 0.4) is 0 Å². The Hall–Kier alpha value is -1.52. The van der Waals surface area contributed by atoms with E-state index >= 15 is 0 Å². The van der Waals surface area contributed by atoms with Crippen molar-refractivity contribution in [1.82, 2.24) is 10.1 Å². The summed E-state index contributed by atoms with van der Waals surface area (Å²) in [5.41, 5.74) is 7.67. The first kappa shape index (κ1) is 12.5. The van der Waals surface area contributed by atoms with Crippen molar-refractivity contribution in [3.8, 4) is 11.3 Å². The minimum Gasteiger partial charge on any atom is -0.381 e. The van der Waals surface area contributed by atoms with Gasteiger partial charge in [-0.25, -0.2) is 0 Å². The van der Waals surface area contributed by atoms with E-state index in [0.717, 1.165) is 30.1 Å². The topological polar surface area (TPSA) is 55.3 Å². The monoisotopic (exact) mass is 277 g/mol. The van der Waals surface area contributed by atoms with Gasteiger partial charge in [-0.05, 0) is 37.6 Å². The van der Waals surface area contributed by atoms with Gasteiger partial charge in [0.1, 0.15) is 0 Å². The molecule has 100 valence electrons. The van der Waals surface area contributed by atoms with E-state index in [9.17, 15) is 0 Å². The van der Waals surface area contributed by atoms with Gasteiger partial charge in [-0.3, -0.25) is 0 Å². The standard InChI is InChI=1S/C14H16ClN3O/c1-18-5-4-10(8-18)11-3-2-9(6-12(11)15)13-7-14(16)17-19-13/h2-3,6-7,10H,4-5,8H2,1H3,(H2,16,17). The minimum absolute atomic E-state index is 0.382. The van der Waals surface area contributed by atoms with Gasteiger partial charge in [0.15, 0.2) is 11.6 Å². The van der Waals surface area contributed by atoms with Gasteiger partial charge < -0.3 is 15.2 Å². The highest BCUT2D eigenvalue weighted by Crippen LogP contribution is 2.34. The largest absolute Gasteiger partial charge is 0.381 e. The highest BCUT2D eigenvalue weighted by Gasteiger charge is 2.23. The van der Waals surface area contributed by atoms with Crippen molar-refractivity contribution in [1.29, 1.82) is 0 Å². The summed E-state index contributed by atoms with van der Waals surface area (Å²) in [4.78, 5) is 2.33.